The summed E-state index contributed by atoms with van der Waals surface area (Å²) in [6.07, 6.45) is 0. The van der Waals surface area contributed by atoms with Crippen molar-refractivity contribution >= 4 is 11.7 Å². The van der Waals surface area contributed by atoms with E-state index in [4.69, 9.17) is 10.5 Å². The van der Waals surface area contributed by atoms with E-state index in [1.54, 1.807) is 0 Å². The molecule has 0 saturated carbocycles. The van der Waals surface area contributed by atoms with Gasteiger partial charge < -0.3 is 10.5 Å². The highest BCUT2D eigenvalue weighted by Gasteiger charge is 2.17. The van der Waals surface area contributed by atoms with Crippen molar-refractivity contribution in [2.75, 3.05) is 5.73 Å². The first kappa shape index (κ1) is 14.1. The molecule has 3 nitrogen and oxygen atoms in total. The Balaban J connectivity index is 2.01. The van der Waals surface area contributed by atoms with E-state index in [1.807, 2.05) is 62.4 Å². The van der Waals surface area contributed by atoms with Crippen molar-refractivity contribution in [2.45, 2.75) is 26.4 Å². The number of benzene rings is 2. The van der Waals surface area contributed by atoms with E-state index >= 15 is 0 Å². The van der Waals surface area contributed by atoms with Gasteiger partial charge in [-0.15, -0.1) is 0 Å². The van der Waals surface area contributed by atoms with Gasteiger partial charge in [0.2, 0.25) is 0 Å². The molecule has 0 aromatic heterocycles. The smallest absolute Gasteiger partial charge is 0.313 e. The number of hydrogen-bond acceptors (Lipinski definition) is 3. The SMILES string of the molecule is Cc1cc(N)cc(C(C)C(=O)OCc2ccccc2)c1. The second-order valence-electron chi connectivity index (χ2n) is 4.99. The number of carbonyl (C=O) groups is 1. The third-order valence-corrected chi connectivity index (χ3v) is 3.20. The van der Waals surface area contributed by atoms with Gasteiger partial charge in [-0.3, -0.25) is 4.79 Å². The molecule has 0 aliphatic rings. The maximum atomic E-state index is 12.1. The van der Waals surface area contributed by atoms with Crippen molar-refractivity contribution in [2.24, 2.45) is 0 Å². The highest BCUT2D eigenvalue weighted by Crippen LogP contribution is 2.21. The summed E-state index contributed by atoms with van der Waals surface area (Å²) >= 11 is 0. The minimum atomic E-state index is -0.319. The summed E-state index contributed by atoms with van der Waals surface area (Å²) in [6.45, 7) is 4.09. The Labute approximate surface area is 119 Å². The first-order chi connectivity index (χ1) is 9.56. The molecule has 2 aromatic rings. The number of anilines is 1. The topological polar surface area (TPSA) is 52.3 Å². The van der Waals surface area contributed by atoms with Gasteiger partial charge in [-0.1, -0.05) is 36.4 Å². The maximum Gasteiger partial charge on any atom is 0.313 e. The molecule has 0 heterocycles. The fraction of sp³-hybridized carbons (Fsp3) is 0.235. The van der Waals surface area contributed by atoms with Crippen LogP contribution in [0.1, 0.15) is 29.5 Å². The Bertz CT molecular complexity index is 573. The number of ether oxygens (including phenoxy) is 1. The third kappa shape index (κ3) is 3.60. The van der Waals surface area contributed by atoms with E-state index in [2.05, 4.69) is 0 Å². The van der Waals surface area contributed by atoms with Crippen molar-refractivity contribution in [1.29, 1.82) is 0 Å². The van der Waals surface area contributed by atoms with Gasteiger partial charge in [0.05, 0.1) is 5.92 Å². The lowest BCUT2D eigenvalue weighted by Crippen LogP contribution is -2.13. The summed E-state index contributed by atoms with van der Waals surface area (Å²) in [7, 11) is 0. The van der Waals surface area contributed by atoms with Gasteiger partial charge >= 0.3 is 5.97 Å². The van der Waals surface area contributed by atoms with Crippen LogP contribution in [0.25, 0.3) is 0 Å². The van der Waals surface area contributed by atoms with Gasteiger partial charge in [0.25, 0.3) is 0 Å². The molecule has 0 bridgehead atoms. The predicted octanol–water partition coefficient (Wildman–Crippen LogP) is 3.42. The second-order valence-corrected chi connectivity index (χ2v) is 4.99. The molecule has 3 heteroatoms. The van der Waals surface area contributed by atoms with E-state index < -0.39 is 0 Å². The average molecular weight is 269 g/mol. The number of rotatable bonds is 4. The van der Waals surface area contributed by atoms with Gasteiger partial charge in [-0.05, 0) is 42.7 Å². The zero-order chi connectivity index (χ0) is 14.5. The van der Waals surface area contributed by atoms with Crippen LogP contribution in [0, 0.1) is 6.92 Å². The molecule has 0 saturated heterocycles. The van der Waals surface area contributed by atoms with E-state index in [9.17, 15) is 4.79 Å². The summed E-state index contributed by atoms with van der Waals surface area (Å²) in [6, 6.07) is 15.3. The van der Waals surface area contributed by atoms with E-state index in [1.165, 1.54) is 0 Å². The fourth-order valence-corrected chi connectivity index (χ4v) is 2.08. The molecular weight excluding hydrogens is 250 g/mol. The fourth-order valence-electron chi connectivity index (χ4n) is 2.08. The van der Waals surface area contributed by atoms with Gasteiger partial charge in [0.15, 0.2) is 0 Å². The first-order valence-electron chi connectivity index (χ1n) is 6.64. The molecule has 1 unspecified atom stereocenters. The highest BCUT2D eigenvalue weighted by atomic mass is 16.5. The molecule has 0 aliphatic carbocycles. The van der Waals surface area contributed by atoms with Crippen molar-refractivity contribution in [1.82, 2.24) is 0 Å². The Morgan fingerprint density at radius 2 is 1.90 bits per heavy atom. The number of carbonyl (C=O) groups excluding carboxylic acids is 1. The molecule has 0 spiro atoms. The van der Waals surface area contributed by atoms with Crippen LogP contribution < -0.4 is 5.73 Å². The quantitative estimate of drug-likeness (QED) is 0.683. The van der Waals surface area contributed by atoms with E-state index in [0.717, 1.165) is 16.7 Å². The van der Waals surface area contributed by atoms with Crippen LogP contribution in [0.3, 0.4) is 0 Å². The molecule has 0 aliphatic heterocycles. The number of nitrogens with two attached hydrogens (primary N) is 1. The van der Waals surface area contributed by atoms with Crippen LogP contribution in [-0.4, -0.2) is 5.97 Å². The Hall–Kier alpha value is -2.29. The Kier molecular flexibility index (Phi) is 4.41. The standard InChI is InChI=1S/C17H19NO2/c1-12-8-15(10-16(18)9-12)13(2)17(19)20-11-14-6-4-3-5-7-14/h3-10,13H,11,18H2,1-2H3. The van der Waals surface area contributed by atoms with Crippen molar-refractivity contribution in [3.8, 4) is 0 Å². The predicted molar refractivity (Wildman–Crippen MR) is 80.2 cm³/mol. The van der Waals surface area contributed by atoms with Crippen LogP contribution in [0.15, 0.2) is 48.5 Å². The molecule has 104 valence electrons. The van der Waals surface area contributed by atoms with Gasteiger partial charge in [-0.2, -0.15) is 0 Å². The van der Waals surface area contributed by atoms with Gasteiger partial charge in [-0.25, -0.2) is 0 Å². The van der Waals surface area contributed by atoms with Crippen LogP contribution in [0.4, 0.5) is 5.69 Å². The Morgan fingerprint density at radius 1 is 1.20 bits per heavy atom. The molecule has 0 amide bonds. The van der Waals surface area contributed by atoms with Gasteiger partial charge in [0.1, 0.15) is 6.61 Å². The van der Waals surface area contributed by atoms with Crippen molar-refractivity contribution in [3.05, 3.63) is 65.2 Å². The maximum absolute atomic E-state index is 12.1. The normalized spacial score (nSPS) is 11.9. The molecular formula is C17H19NO2. The lowest BCUT2D eigenvalue weighted by atomic mass is 9.99. The highest BCUT2D eigenvalue weighted by molar-refractivity contribution is 5.78. The van der Waals surface area contributed by atoms with Crippen LogP contribution in [-0.2, 0) is 16.1 Å². The summed E-state index contributed by atoms with van der Waals surface area (Å²) in [5.74, 6) is -0.556. The summed E-state index contributed by atoms with van der Waals surface area (Å²) in [5, 5.41) is 0. The van der Waals surface area contributed by atoms with Crippen molar-refractivity contribution in [3.63, 3.8) is 0 Å². The lowest BCUT2D eigenvalue weighted by Gasteiger charge is -2.13. The minimum Gasteiger partial charge on any atom is -0.460 e. The molecule has 2 aromatic carbocycles. The van der Waals surface area contributed by atoms with Gasteiger partial charge in [0, 0.05) is 5.69 Å². The average Bonchev–Trinajstić information content (AvgIpc) is 2.44. The molecule has 2 rings (SSSR count). The summed E-state index contributed by atoms with van der Waals surface area (Å²) in [5.41, 5.74) is 9.40. The molecule has 2 N–H and O–H groups in total. The number of hydrogen-bond donors (Lipinski definition) is 1. The molecule has 20 heavy (non-hydrogen) atoms. The molecule has 0 fully saturated rings. The van der Waals surface area contributed by atoms with Crippen LogP contribution >= 0.6 is 0 Å². The van der Waals surface area contributed by atoms with Crippen LogP contribution in [0.2, 0.25) is 0 Å². The number of esters is 1. The first-order valence-corrected chi connectivity index (χ1v) is 6.64. The number of nitrogen functional groups attached to an aromatic ring is 1. The Morgan fingerprint density at radius 3 is 2.55 bits per heavy atom. The molecule has 1 atom stereocenters. The van der Waals surface area contributed by atoms with E-state index in [0.29, 0.717) is 12.3 Å². The van der Waals surface area contributed by atoms with E-state index in [-0.39, 0.29) is 11.9 Å². The summed E-state index contributed by atoms with van der Waals surface area (Å²) < 4.78 is 5.34. The third-order valence-electron chi connectivity index (χ3n) is 3.20. The zero-order valence-electron chi connectivity index (χ0n) is 11.8. The number of aryl methyl sites for hydroxylation is 1. The largest absolute Gasteiger partial charge is 0.460 e. The second kappa shape index (κ2) is 6.24. The summed E-state index contributed by atoms with van der Waals surface area (Å²) in [4.78, 5) is 12.1. The lowest BCUT2D eigenvalue weighted by molar-refractivity contribution is -0.146. The minimum absolute atomic E-state index is 0.237. The van der Waals surface area contributed by atoms with Crippen molar-refractivity contribution < 1.29 is 9.53 Å². The zero-order valence-corrected chi connectivity index (χ0v) is 11.8. The van der Waals surface area contributed by atoms with Crippen LogP contribution in [0.5, 0.6) is 0 Å². The monoisotopic (exact) mass is 269 g/mol. The molecule has 0 radical (unpaired) electrons.